The van der Waals surface area contributed by atoms with E-state index < -0.39 is 0 Å². The molecule has 1 aliphatic carbocycles. The van der Waals surface area contributed by atoms with Crippen LogP contribution in [0.1, 0.15) is 39.0 Å². The largest absolute Gasteiger partial charge is 0.306 e. The Morgan fingerprint density at radius 1 is 1.33 bits per heavy atom. The average molecular weight is 212 g/mol. The topological polar surface area (TPSA) is 50.4 Å². The van der Waals surface area contributed by atoms with Gasteiger partial charge in [-0.25, -0.2) is 5.48 Å². The van der Waals surface area contributed by atoms with Gasteiger partial charge in [0.2, 0.25) is 0 Å². The molecule has 2 unspecified atom stereocenters. The molecule has 4 nitrogen and oxygen atoms in total. The molecule has 0 aromatic carbocycles. The molecule has 1 saturated heterocycles. The van der Waals surface area contributed by atoms with Crippen molar-refractivity contribution in [2.24, 2.45) is 5.92 Å². The van der Waals surface area contributed by atoms with Crippen LogP contribution < -0.4 is 10.8 Å². The van der Waals surface area contributed by atoms with E-state index in [1.54, 1.807) is 0 Å². The van der Waals surface area contributed by atoms with Gasteiger partial charge in [-0.3, -0.25) is 9.63 Å². The van der Waals surface area contributed by atoms with E-state index in [4.69, 9.17) is 4.84 Å². The van der Waals surface area contributed by atoms with Gasteiger partial charge in [0.25, 0.3) is 5.91 Å². The van der Waals surface area contributed by atoms with Gasteiger partial charge in [0.1, 0.15) is 0 Å². The quantitative estimate of drug-likeness (QED) is 0.685. The molecule has 1 heterocycles. The molecule has 2 atom stereocenters. The number of hydrogen-bond donors (Lipinski definition) is 2. The highest BCUT2D eigenvalue weighted by Gasteiger charge is 2.30. The smallest absolute Gasteiger partial charge is 0.260 e. The zero-order valence-corrected chi connectivity index (χ0v) is 9.29. The van der Waals surface area contributed by atoms with Gasteiger partial charge in [0, 0.05) is 0 Å². The summed E-state index contributed by atoms with van der Waals surface area (Å²) in [5, 5.41) is 3.19. The number of carbonyl (C=O) groups is 1. The van der Waals surface area contributed by atoms with Crippen molar-refractivity contribution >= 4 is 5.91 Å². The summed E-state index contributed by atoms with van der Waals surface area (Å²) in [4.78, 5) is 17.1. The number of carbonyl (C=O) groups excluding carboxylic acids is 1. The summed E-state index contributed by atoms with van der Waals surface area (Å²) >= 11 is 0. The van der Waals surface area contributed by atoms with Crippen LogP contribution in [0.5, 0.6) is 0 Å². The highest BCUT2D eigenvalue weighted by molar-refractivity contribution is 5.81. The highest BCUT2D eigenvalue weighted by atomic mass is 16.7. The van der Waals surface area contributed by atoms with Gasteiger partial charge in [0.05, 0.1) is 12.1 Å². The Hall–Kier alpha value is -0.610. The lowest BCUT2D eigenvalue weighted by Gasteiger charge is -2.17. The second-order valence-electron chi connectivity index (χ2n) is 4.69. The minimum Gasteiger partial charge on any atom is -0.306 e. The third kappa shape index (κ3) is 2.69. The van der Waals surface area contributed by atoms with Gasteiger partial charge in [-0.1, -0.05) is 19.8 Å². The number of hydroxylamine groups is 1. The number of hydrogen-bond acceptors (Lipinski definition) is 3. The summed E-state index contributed by atoms with van der Waals surface area (Å²) in [7, 11) is 0. The maximum Gasteiger partial charge on any atom is 0.260 e. The van der Waals surface area contributed by atoms with E-state index in [1.165, 1.54) is 12.8 Å². The predicted octanol–water partition coefficient (Wildman–Crippen LogP) is 0.975. The Morgan fingerprint density at radius 2 is 2.07 bits per heavy atom. The second-order valence-corrected chi connectivity index (χ2v) is 4.69. The first-order valence-corrected chi connectivity index (χ1v) is 5.96. The minimum atomic E-state index is -0.0635. The predicted molar refractivity (Wildman–Crippen MR) is 57.1 cm³/mol. The summed E-state index contributed by atoms with van der Waals surface area (Å²) in [6.45, 7) is 3.03. The molecule has 4 heteroatoms. The highest BCUT2D eigenvalue weighted by Crippen LogP contribution is 2.20. The molecule has 15 heavy (non-hydrogen) atoms. The van der Waals surface area contributed by atoms with E-state index >= 15 is 0 Å². The first kappa shape index (κ1) is 10.9. The molecule has 1 aliphatic heterocycles. The summed E-state index contributed by atoms with van der Waals surface area (Å²) in [6.07, 6.45) is 5.91. The van der Waals surface area contributed by atoms with Crippen molar-refractivity contribution in [2.75, 3.05) is 6.54 Å². The lowest BCUT2D eigenvalue weighted by Crippen LogP contribution is -2.44. The van der Waals surface area contributed by atoms with Crippen LogP contribution in [-0.4, -0.2) is 24.6 Å². The summed E-state index contributed by atoms with van der Waals surface area (Å²) < 4.78 is 0. The maximum absolute atomic E-state index is 11.7. The molecule has 0 radical (unpaired) electrons. The molecule has 2 rings (SSSR count). The van der Waals surface area contributed by atoms with Crippen LogP contribution >= 0.6 is 0 Å². The van der Waals surface area contributed by atoms with Gasteiger partial charge in [-0.2, -0.15) is 0 Å². The average Bonchev–Trinajstić information content (AvgIpc) is 2.84. The normalized spacial score (nSPS) is 32.1. The zero-order chi connectivity index (χ0) is 10.7. The molecule has 0 bridgehead atoms. The number of amides is 1. The van der Waals surface area contributed by atoms with Crippen LogP contribution in [0, 0.1) is 5.92 Å². The lowest BCUT2D eigenvalue weighted by molar-refractivity contribution is -0.140. The zero-order valence-electron chi connectivity index (χ0n) is 9.29. The molecule has 0 spiro atoms. The molecule has 2 N–H and O–H groups in total. The minimum absolute atomic E-state index is 0.00750. The van der Waals surface area contributed by atoms with Gasteiger partial charge >= 0.3 is 0 Å². The Kier molecular flexibility index (Phi) is 3.59. The van der Waals surface area contributed by atoms with Gasteiger partial charge < -0.3 is 5.32 Å². The lowest BCUT2D eigenvalue weighted by atomic mass is 10.0. The van der Waals surface area contributed by atoms with Crippen molar-refractivity contribution in [2.45, 2.75) is 51.2 Å². The fraction of sp³-hybridized carbons (Fsp3) is 0.909. The molecule has 0 aromatic rings. The number of rotatable bonds is 3. The molecule has 2 aliphatic rings. The van der Waals surface area contributed by atoms with E-state index in [1.807, 2.05) is 0 Å². The van der Waals surface area contributed by atoms with Crippen LogP contribution in [-0.2, 0) is 9.63 Å². The Labute approximate surface area is 90.7 Å². The Bertz CT molecular complexity index is 227. The molecule has 0 aromatic heterocycles. The number of nitrogens with one attached hydrogen (secondary N) is 2. The van der Waals surface area contributed by atoms with E-state index in [0.29, 0.717) is 5.92 Å². The van der Waals surface area contributed by atoms with Crippen molar-refractivity contribution in [3.63, 3.8) is 0 Å². The molecule has 2 fully saturated rings. The monoisotopic (exact) mass is 212 g/mol. The van der Waals surface area contributed by atoms with Crippen molar-refractivity contribution in [3.8, 4) is 0 Å². The van der Waals surface area contributed by atoms with E-state index in [-0.39, 0.29) is 18.1 Å². The van der Waals surface area contributed by atoms with Gasteiger partial charge in [-0.15, -0.1) is 0 Å². The van der Waals surface area contributed by atoms with Crippen LogP contribution in [0.2, 0.25) is 0 Å². The van der Waals surface area contributed by atoms with Crippen molar-refractivity contribution in [1.29, 1.82) is 0 Å². The Morgan fingerprint density at radius 3 is 2.67 bits per heavy atom. The van der Waals surface area contributed by atoms with Crippen LogP contribution in [0.15, 0.2) is 0 Å². The molecule has 1 saturated carbocycles. The van der Waals surface area contributed by atoms with Gasteiger partial charge in [-0.05, 0) is 31.7 Å². The van der Waals surface area contributed by atoms with Crippen molar-refractivity contribution in [3.05, 3.63) is 0 Å². The first-order valence-electron chi connectivity index (χ1n) is 5.96. The fourth-order valence-corrected chi connectivity index (χ4v) is 2.40. The standard InChI is InChI=1S/C11H20N2O2/c1-8-6-7-12-10(8)11(14)13-15-9-4-2-3-5-9/h8-10,12H,2-7H2,1H3,(H,13,14). The fourth-order valence-electron chi connectivity index (χ4n) is 2.40. The maximum atomic E-state index is 11.7. The first-order chi connectivity index (χ1) is 7.27. The van der Waals surface area contributed by atoms with Crippen molar-refractivity contribution < 1.29 is 9.63 Å². The second kappa shape index (κ2) is 4.94. The molecule has 86 valence electrons. The van der Waals surface area contributed by atoms with Crippen LogP contribution in [0.25, 0.3) is 0 Å². The SMILES string of the molecule is CC1CCNC1C(=O)NOC1CCCC1. The molecule has 1 amide bonds. The summed E-state index contributed by atoms with van der Waals surface area (Å²) in [6, 6.07) is -0.0635. The van der Waals surface area contributed by atoms with Crippen molar-refractivity contribution in [1.82, 2.24) is 10.8 Å². The van der Waals surface area contributed by atoms with Gasteiger partial charge in [0.15, 0.2) is 0 Å². The molecular weight excluding hydrogens is 192 g/mol. The summed E-state index contributed by atoms with van der Waals surface area (Å²) in [5.41, 5.74) is 2.60. The van der Waals surface area contributed by atoms with E-state index in [9.17, 15) is 4.79 Å². The summed E-state index contributed by atoms with van der Waals surface area (Å²) in [5.74, 6) is 0.407. The molecular formula is C11H20N2O2. The third-order valence-electron chi connectivity index (χ3n) is 3.44. The van der Waals surface area contributed by atoms with E-state index in [0.717, 1.165) is 25.8 Å². The van der Waals surface area contributed by atoms with Crippen LogP contribution in [0.4, 0.5) is 0 Å². The van der Waals surface area contributed by atoms with Crippen LogP contribution in [0.3, 0.4) is 0 Å². The Balaban J connectivity index is 1.71. The third-order valence-corrected chi connectivity index (χ3v) is 3.44. The van der Waals surface area contributed by atoms with E-state index in [2.05, 4.69) is 17.7 Å².